The average Bonchev–Trinajstić information content (AvgIpc) is 3.55. The molecule has 1 saturated heterocycles. The molecule has 156 valence electrons. The van der Waals surface area contributed by atoms with Crippen molar-refractivity contribution in [3.8, 4) is 11.1 Å². The van der Waals surface area contributed by atoms with Crippen LogP contribution in [0.15, 0.2) is 51.3 Å². The summed E-state index contributed by atoms with van der Waals surface area (Å²) >= 11 is 0. The molecule has 4 aromatic rings. The molecule has 31 heavy (non-hydrogen) atoms. The molecule has 2 aliphatic rings. The first-order valence-corrected chi connectivity index (χ1v) is 10.6. The minimum atomic E-state index is -0.491. The fourth-order valence-electron chi connectivity index (χ4n) is 4.54. The van der Waals surface area contributed by atoms with Gasteiger partial charge in [-0.15, -0.1) is 0 Å². The average molecular weight is 416 g/mol. The van der Waals surface area contributed by atoms with Gasteiger partial charge >= 0.3 is 0 Å². The van der Waals surface area contributed by atoms with Crippen LogP contribution in [0.5, 0.6) is 0 Å². The zero-order chi connectivity index (χ0) is 21.1. The maximum Gasteiger partial charge on any atom is 0.258 e. The van der Waals surface area contributed by atoms with Crippen LogP contribution in [0.3, 0.4) is 0 Å². The van der Waals surface area contributed by atoms with Crippen molar-refractivity contribution in [2.75, 3.05) is 13.1 Å². The van der Waals surface area contributed by atoms with Crippen molar-refractivity contribution in [3.63, 3.8) is 0 Å². The van der Waals surface area contributed by atoms with Crippen molar-refractivity contribution in [3.05, 3.63) is 70.0 Å². The second-order valence-corrected chi connectivity index (χ2v) is 8.38. The lowest BCUT2D eigenvalue weighted by Gasteiger charge is -2.31. The van der Waals surface area contributed by atoms with Gasteiger partial charge in [0, 0.05) is 38.0 Å². The van der Waals surface area contributed by atoms with Crippen molar-refractivity contribution in [1.29, 1.82) is 0 Å². The fraction of sp³-hybridized carbons (Fsp3) is 0.292. The number of benzene rings is 2. The zero-order valence-electron chi connectivity index (χ0n) is 17.1. The number of aryl methyl sites for hydroxylation is 1. The Labute approximate surface area is 177 Å². The van der Waals surface area contributed by atoms with Gasteiger partial charge in [-0.2, -0.15) is 0 Å². The molecule has 2 aromatic heterocycles. The number of rotatable bonds is 3. The van der Waals surface area contributed by atoms with E-state index in [1.54, 1.807) is 13.0 Å². The molecular formula is C24H21FN4O2. The van der Waals surface area contributed by atoms with Gasteiger partial charge in [0.25, 0.3) is 5.56 Å². The highest BCUT2D eigenvalue weighted by Crippen LogP contribution is 2.33. The number of nitrogens with one attached hydrogen (secondary N) is 1. The van der Waals surface area contributed by atoms with Gasteiger partial charge in [-0.1, -0.05) is 12.1 Å². The number of aromatic nitrogens is 3. The molecule has 1 fully saturated rings. The smallest absolute Gasteiger partial charge is 0.258 e. The second-order valence-electron chi connectivity index (χ2n) is 8.38. The summed E-state index contributed by atoms with van der Waals surface area (Å²) in [5.41, 5.74) is 3.98. The normalized spacial score (nSPS) is 16.8. The Morgan fingerprint density at radius 3 is 2.71 bits per heavy atom. The number of halogens is 1. The summed E-state index contributed by atoms with van der Waals surface area (Å²) in [5, 5.41) is 0.258. The molecule has 2 aromatic carbocycles. The largest absolute Gasteiger partial charge is 0.441 e. The van der Waals surface area contributed by atoms with E-state index < -0.39 is 5.82 Å². The molecule has 0 unspecified atom stereocenters. The van der Waals surface area contributed by atoms with Gasteiger partial charge in [0.05, 0.1) is 5.39 Å². The summed E-state index contributed by atoms with van der Waals surface area (Å²) < 4.78 is 20.7. The molecular weight excluding hydrogens is 395 g/mol. The highest BCUT2D eigenvalue weighted by molar-refractivity contribution is 5.87. The van der Waals surface area contributed by atoms with Gasteiger partial charge in [0.15, 0.2) is 11.5 Å². The number of oxazole rings is 1. The first-order chi connectivity index (χ1) is 15.0. The number of nitrogens with zero attached hydrogens (tertiary/aromatic N) is 3. The Morgan fingerprint density at radius 2 is 1.94 bits per heavy atom. The molecule has 0 saturated carbocycles. The van der Waals surface area contributed by atoms with Crippen molar-refractivity contribution in [2.45, 2.75) is 32.1 Å². The number of hydrogen-bond acceptors (Lipinski definition) is 5. The quantitative estimate of drug-likeness (QED) is 0.526. The Bertz CT molecular complexity index is 1430. The standard InChI is InChI=1S/C24H21FN4O2/c1-13-26-20-5-2-15(12-21(20)31-13)16-10-18-22(19(25)11-16)27-23(28-24(18)30)14-6-8-29(9-7-14)17-3-4-17/h2-3,5,10-12,14H,4,6-9H2,1H3,(H,27,28,30). The third-order valence-corrected chi connectivity index (χ3v) is 6.29. The van der Waals surface area contributed by atoms with E-state index in [1.807, 2.05) is 18.2 Å². The van der Waals surface area contributed by atoms with E-state index in [0.717, 1.165) is 43.4 Å². The van der Waals surface area contributed by atoms with E-state index in [2.05, 4.69) is 25.9 Å². The Morgan fingerprint density at radius 1 is 1.13 bits per heavy atom. The number of aromatic amines is 1. The molecule has 0 amide bonds. The molecule has 1 aliphatic carbocycles. The fourth-order valence-corrected chi connectivity index (χ4v) is 4.54. The monoisotopic (exact) mass is 416 g/mol. The third kappa shape index (κ3) is 3.21. The summed E-state index contributed by atoms with van der Waals surface area (Å²) in [6.45, 7) is 3.68. The maximum absolute atomic E-state index is 15.1. The van der Waals surface area contributed by atoms with E-state index in [-0.39, 0.29) is 22.4 Å². The minimum absolute atomic E-state index is 0.131. The predicted octanol–water partition coefficient (Wildman–Crippen LogP) is 4.65. The van der Waals surface area contributed by atoms with Crippen molar-refractivity contribution >= 4 is 22.0 Å². The van der Waals surface area contributed by atoms with Crippen molar-refractivity contribution in [2.24, 2.45) is 0 Å². The lowest BCUT2D eigenvalue weighted by atomic mass is 9.95. The minimum Gasteiger partial charge on any atom is -0.441 e. The molecule has 0 atom stereocenters. The summed E-state index contributed by atoms with van der Waals surface area (Å²) in [6.07, 6.45) is 5.13. The number of allylic oxidation sites excluding steroid dienone is 2. The van der Waals surface area contributed by atoms with Crippen molar-refractivity contribution in [1.82, 2.24) is 19.9 Å². The predicted molar refractivity (Wildman–Crippen MR) is 116 cm³/mol. The van der Waals surface area contributed by atoms with Crippen LogP contribution < -0.4 is 5.56 Å². The van der Waals surface area contributed by atoms with Crippen LogP contribution in [0.4, 0.5) is 4.39 Å². The van der Waals surface area contributed by atoms with E-state index >= 15 is 4.39 Å². The van der Waals surface area contributed by atoms with Gasteiger partial charge in [-0.05, 0) is 48.2 Å². The molecule has 7 heteroatoms. The number of hydrogen-bond donors (Lipinski definition) is 1. The number of fused-ring (bicyclic) bond motifs is 2. The summed E-state index contributed by atoms with van der Waals surface area (Å²) in [5.74, 6) is 0.815. The van der Waals surface area contributed by atoms with Gasteiger partial charge in [0.1, 0.15) is 22.7 Å². The van der Waals surface area contributed by atoms with Gasteiger partial charge in [-0.25, -0.2) is 14.4 Å². The first kappa shape index (κ1) is 18.3. The third-order valence-electron chi connectivity index (χ3n) is 6.29. The second kappa shape index (κ2) is 6.77. The molecule has 0 bridgehead atoms. The Kier molecular flexibility index (Phi) is 4.00. The molecule has 1 aliphatic heterocycles. The van der Waals surface area contributed by atoms with Crippen LogP contribution in [0.2, 0.25) is 0 Å². The van der Waals surface area contributed by atoms with Crippen LogP contribution in [0.1, 0.15) is 36.9 Å². The summed E-state index contributed by atoms with van der Waals surface area (Å²) in [7, 11) is 0. The highest BCUT2D eigenvalue weighted by Gasteiger charge is 2.26. The van der Waals surface area contributed by atoms with E-state index in [4.69, 9.17) is 4.42 Å². The Hall–Kier alpha value is -3.48. The van der Waals surface area contributed by atoms with E-state index in [0.29, 0.717) is 22.9 Å². The zero-order valence-corrected chi connectivity index (χ0v) is 17.1. The molecule has 1 N–H and O–H groups in total. The first-order valence-electron chi connectivity index (χ1n) is 10.6. The molecule has 6 nitrogen and oxygen atoms in total. The van der Waals surface area contributed by atoms with Crippen LogP contribution in [-0.2, 0) is 0 Å². The van der Waals surface area contributed by atoms with Crippen LogP contribution >= 0.6 is 0 Å². The lowest BCUT2D eigenvalue weighted by Crippen LogP contribution is -2.31. The highest BCUT2D eigenvalue weighted by atomic mass is 19.1. The molecule has 0 spiro atoms. The van der Waals surface area contributed by atoms with E-state index in [1.165, 1.54) is 11.8 Å². The van der Waals surface area contributed by atoms with Crippen LogP contribution in [0.25, 0.3) is 33.1 Å². The van der Waals surface area contributed by atoms with Gasteiger partial charge in [0.2, 0.25) is 0 Å². The van der Waals surface area contributed by atoms with Crippen LogP contribution in [0, 0.1) is 12.7 Å². The maximum atomic E-state index is 15.1. The summed E-state index contributed by atoms with van der Waals surface area (Å²) in [4.78, 5) is 27.0. The number of likely N-dealkylation sites (tertiary alicyclic amines) is 1. The SMILES string of the molecule is Cc1nc2ccc(-c3cc(F)c4nc(C5CCN(C6=CC6)CC5)[nH]c(=O)c4c3)cc2o1. The van der Waals surface area contributed by atoms with E-state index in [9.17, 15) is 4.79 Å². The molecule has 6 rings (SSSR count). The molecule has 0 radical (unpaired) electrons. The van der Waals surface area contributed by atoms with Crippen LogP contribution in [-0.4, -0.2) is 32.9 Å². The summed E-state index contributed by atoms with van der Waals surface area (Å²) in [6, 6.07) is 8.63. The number of H-pyrrole nitrogens is 1. The molecule has 3 heterocycles. The topological polar surface area (TPSA) is 75.0 Å². The van der Waals surface area contributed by atoms with Gasteiger partial charge in [-0.3, -0.25) is 4.79 Å². The number of piperidine rings is 1. The lowest BCUT2D eigenvalue weighted by molar-refractivity contribution is 0.266. The Balaban J connectivity index is 1.37. The van der Waals surface area contributed by atoms with Gasteiger partial charge < -0.3 is 14.3 Å². The van der Waals surface area contributed by atoms with Crippen molar-refractivity contribution < 1.29 is 8.81 Å².